The quantitative estimate of drug-likeness (QED) is 0.598. The maximum absolute atomic E-state index is 11.5. The van der Waals surface area contributed by atoms with Crippen LogP contribution in [0.5, 0.6) is 0 Å². The van der Waals surface area contributed by atoms with Gasteiger partial charge in [-0.3, -0.25) is 4.79 Å². The number of aliphatic hydroxyl groups excluding tert-OH is 1. The molecule has 1 rings (SSSR count). The Morgan fingerprint density at radius 3 is 2.61 bits per heavy atom. The van der Waals surface area contributed by atoms with Crippen LogP contribution in [0.25, 0.3) is 0 Å². The first kappa shape index (κ1) is 14.1. The van der Waals surface area contributed by atoms with Crippen molar-refractivity contribution in [2.75, 3.05) is 11.9 Å². The van der Waals surface area contributed by atoms with Crippen LogP contribution in [0.3, 0.4) is 0 Å². The summed E-state index contributed by atoms with van der Waals surface area (Å²) in [6.45, 7) is 1.40. The fourth-order valence-electron chi connectivity index (χ4n) is 1.41. The summed E-state index contributed by atoms with van der Waals surface area (Å²) < 4.78 is 0. The van der Waals surface area contributed by atoms with Crippen molar-refractivity contribution in [1.29, 1.82) is 0 Å². The Hall–Kier alpha value is -1.92. The molecule has 18 heavy (non-hydrogen) atoms. The third kappa shape index (κ3) is 3.28. The number of aliphatic hydroxyl groups is 1. The highest BCUT2D eigenvalue weighted by Crippen LogP contribution is 2.18. The molecular weight excluding hydrogens is 236 g/mol. The molecule has 1 aromatic carbocycles. The van der Waals surface area contributed by atoms with Gasteiger partial charge >= 0.3 is 5.97 Å². The molecule has 1 atom stereocenters. The standard InChI is InChI=1S/C12H16N2O4/c1-2-7-3-4-10(8(5-7)12(17)18)14-11(16)9(13)6-15/h3-5,9,15H,2,6,13H2,1H3,(H,14,16)(H,17,18). The lowest BCUT2D eigenvalue weighted by molar-refractivity contribution is -0.118. The summed E-state index contributed by atoms with van der Waals surface area (Å²) in [6.07, 6.45) is 0.699. The van der Waals surface area contributed by atoms with E-state index in [9.17, 15) is 9.59 Å². The van der Waals surface area contributed by atoms with Crippen LogP contribution in [-0.2, 0) is 11.2 Å². The molecule has 6 heteroatoms. The average molecular weight is 252 g/mol. The highest BCUT2D eigenvalue weighted by Gasteiger charge is 2.16. The number of anilines is 1. The Balaban J connectivity index is 3.01. The number of nitrogens with two attached hydrogens (primary N) is 1. The lowest BCUT2D eigenvalue weighted by atomic mass is 10.1. The lowest BCUT2D eigenvalue weighted by Gasteiger charge is -2.12. The van der Waals surface area contributed by atoms with Crippen LogP contribution in [0.2, 0.25) is 0 Å². The number of hydrogen-bond acceptors (Lipinski definition) is 4. The molecule has 0 aromatic heterocycles. The normalized spacial score (nSPS) is 11.9. The number of hydrogen-bond donors (Lipinski definition) is 4. The van der Waals surface area contributed by atoms with Crippen molar-refractivity contribution in [3.8, 4) is 0 Å². The molecule has 0 aliphatic carbocycles. The molecule has 1 aromatic rings. The summed E-state index contributed by atoms with van der Waals surface area (Å²) in [5, 5.41) is 20.2. The fraction of sp³-hybridized carbons (Fsp3) is 0.333. The van der Waals surface area contributed by atoms with Gasteiger partial charge in [-0.2, -0.15) is 0 Å². The third-order valence-electron chi connectivity index (χ3n) is 2.51. The molecule has 5 N–H and O–H groups in total. The second kappa shape index (κ2) is 6.13. The number of carboxylic acids is 1. The Bertz CT molecular complexity index is 459. The third-order valence-corrected chi connectivity index (χ3v) is 2.51. The second-order valence-electron chi connectivity index (χ2n) is 3.82. The summed E-state index contributed by atoms with van der Waals surface area (Å²) in [7, 11) is 0. The number of carboxylic acid groups (broad SMARTS) is 1. The van der Waals surface area contributed by atoms with Crippen LogP contribution >= 0.6 is 0 Å². The predicted molar refractivity (Wildman–Crippen MR) is 66.5 cm³/mol. The zero-order chi connectivity index (χ0) is 13.7. The smallest absolute Gasteiger partial charge is 0.337 e. The number of rotatable bonds is 5. The number of aryl methyl sites for hydroxylation is 1. The summed E-state index contributed by atoms with van der Waals surface area (Å²) >= 11 is 0. The van der Waals surface area contributed by atoms with Gasteiger partial charge in [0, 0.05) is 0 Å². The maximum atomic E-state index is 11.5. The van der Waals surface area contributed by atoms with Crippen molar-refractivity contribution < 1.29 is 19.8 Å². The number of carbonyl (C=O) groups is 2. The SMILES string of the molecule is CCc1ccc(NC(=O)C(N)CO)c(C(=O)O)c1. The van der Waals surface area contributed by atoms with E-state index in [1.807, 2.05) is 6.92 Å². The van der Waals surface area contributed by atoms with Gasteiger partial charge in [-0.05, 0) is 24.1 Å². The van der Waals surface area contributed by atoms with E-state index in [4.69, 9.17) is 15.9 Å². The molecule has 0 radical (unpaired) electrons. The topological polar surface area (TPSA) is 113 Å². The van der Waals surface area contributed by atoms with E-state index in [-0.39, 0.29) is 11.3 Å². The Kier molecular flexibility index (Phi) is 4.82. The zero-order valence-corrected chi connectivity index (χ0v) is 10.0. The van der Waals surface area contributed by atoms with E-state index < -0.39 is 24.5 Å². The minimum absolute atomic E-state index is 0.00726. The van der Waals surface area contributed by atoms with E-state index in [1.54, 1.807) is 6.07 Å². The van der Waals surface area contributed by atoms with Crippen molar-refractivity contribution in [2.24, 2.45) is 5.73 Å². The van der Waals surface area contributed by atoms with E-state index in [0.717, 1.165) is 5.56 Å². The zero-order valence-electron chi connectivity index (χ0n) is 10.0. The Morgan fingerprint density at radius 1 is 1.44 bits per heavy atom. The van der Waals surface area contributed by atoms with Crippen LogP contribution < -0.4 is 11.1 Å². The molecule has 0 aliphatic heterocycles. The van der Waals surface area contributed by atoms with Crippen molar-refractivity contribution in [3.63, 3.8) is 0 Å². The monoisotopic (exact) mass is 252 g/mol. The van der Waals surface area contributed by atoms with Gasteiger partial charge in [0.25, 0.3) is 0 Å². The van der Waals surface area contributed by atoms with Gasteiger partial charge in [-0.1, -0.05) is 13.0 Å². The average Bonchev–Trinajstić information content (AvgIpc) is 2.37. The minimum Gasteiger partial charge on any atom is -0.478 e. The number of aromatic carboxylic acids is 1. The van der Waals surface area contributed by atoms with E-state index in [0.29, 0.717) is 6.42 Å². The molecule has 6 nitrogen and oxygen atoms in total. The van der Waals surface area contributed by atoms with Crippen LogP contribution in [0.4, 0.5) is 5.69 Å². The van der Waals surface area contributed by atoms with Crippen molar-refractivity contribution >= 4 is 17.6 Å². The van der Waals surface area contributed by atoms with Crippen molar-refractivity contribution in [1.82, 2.24) is 0 Å². The Labute approximate surface area is 104 Å². The van der Waals surface area contributed by atoms with Crippen LogP contribution in [0, 0.1) is 0 Å². The molecule has 0 aliphatic rings. The number of carbonyl (C=O) groups excluding carboxylic acids is 1. The molecule has 0 bridgehead atoms. The van der Waals surface area contributed by atoms with Crippen LogP contribution in [0.15, 0.2) is 18.2 Å². The van der Waals surface area contributed by atoms with Gasteiger partial charge in [-0.25, -0.2) is 4.79 Å². The summed E-state index contributed by atoms with van der Waals surface area (Å²) in [5.41, 5.74) is 6.38. The summed E-state index contributed by atoms with van der Waals surface area (Å²) in [4.78, 5) is 22.6. The number of amides is 1. The van der Waals surface area contributed by atoms with Crippen LogP contribution in [-0.4, -0.2) is 34.7 Å². The first-order chi connectivity index (χ1) is 8.49. The predicted octanol–water partition coefficient (Wildman–Crippen LogP) is 0.205. The number of nitrogens with one attached hydrogen (secondary N) is 1. The molecule has 0 heterocycles. The van der Waals surface area contributed by atoms with E-state index in [2.05, 4.69) is 5.32 Å². The van der Waals surface area contributed by atoms with Crippen LogP contribution in [0.1, 0.15) is 22.8 Å². The van der Waals surface area contributed by atoms with Gasteiger partial charge < -0.3 is 21.3 Å². The first-order valence-corrected chi connectivity index (χ1v) is 5.53. The van der Waals surface area contributed by atoms with E-state index in [1.165, 1.54) is 12.1 Å². The molecule has 98 valence electrons. The highest BCUT2D eigenvalue weighted by molar-refractivity contribution is 6.02. The fourth-order valence-corrected chi connectivity index (χ4v) is 1.41. The molecule has 1 amide bonds. The van der Waals surface area contributed by atoms with E-state index >= 15 is 0 Å². The van der Waals surface area contributed by atoms with Gasteiger partial charge in [0.2, 0.25) is 5.91 Å². The Morgan fingerprint density at radius 2 is 2.11 bits per heavy atom. The van der Waals surface area contributed by atoms with Gasteiger partial charge in [0.15, 0.2) is 0 Å². The summed E-state index contributed by atoms with van der Waals surface area (Å²) in [6, 6.07) is 3.68. The molecular formula is C12H16N2O4. The van der Waals surface area contributed by atoms with Gasteiger partial charge in [-0.15, -0.1) is 0 Å². The highest BCUT2D eigenvalue weighted by atomic mass is 16.4. The van der Waals surface area contributed by atoms with Gasteiger partial charge in [0.1, 0.15) is 6.04 Å². The molecule has 0 spiro atoms. The molecule has 0 fully saturated rings. The van der Waals surface area contributed by atoms with Crippen molar-refractivity contribution in [2.45, 2.75) is 19.4 Å². The minimum atomic E-state index is -1.13. The second-order valence-corrected chi connectivity index (χ2v) is 3.82. The number of benzene rings is 1. The summed E-state index contributed by atoms with van der Waals surface area (Å²) in [5.74, 6) is -1.75. The molecule has 0 saturated heterocycles. The first-order valence-electron chi connectivity index (χ1n) is 5.53. The van der Waals surface area contributed by atoms with Crippen molar-refractivity contribution in [3.05, 3.63) is 29.3 Å². The largest absolute Gasteiger partial charge is 0.478 e. The molecule has 1 unspecified atom stereocenters. The molecule has 0 saturated carbocycles. The lowest BCUT2D eigenvalue weighted by Crippen LogP contribution is -2.38. The maximum Gasteiger partial charge on any atom is 0.337 e. The van der Waals surface area contributed by atoms with Gasteiger partial charge in [0.05, 0.1) is 17.9 Å².